The molecule has 0 unspecified atom stereocenters. The van der Waals surface area contributed by atoms with Crippen LogP contribution in [0.1, 0.15) is 5.56 Å². The molecule has 0 fully saturated rings. The molecule has 0 aliphatic carbocycles. The van der Waals surface area contributed by atoms with Gasteiger partial charge in [-0.05, 0) is 42.1 Å². The molecule has 3 aromatic heterocycles. The van der Waals surface area contributed by atoms with E-state index in [0.29, 0.717) is 0 Å². The van der Waals surface area contributed by atoms with Crippen LogP contribution < -0.4 is 0 Å². The molecule has 0 spiro atoms. The van der Waals surface area contributed by atoms with Crippen molar-refractivity contribution in [2.24, 2.45) is 0 Å². The molecule has 0 saturated carbocycles. The van der Waals surface area contributed by atoms with E-state index in [0.717, 1.165) is 38.3 Å². The molecule has 7 heteroatoms. The predicted molar refractivity (Wildman–Crippen MR) is 93.9 cm³/mol. The van der Waals surface area contributed by atoms with E-state index in [4.69, 9.17) is 0 Å². The highest BCUT2D eigenvalue weighted by Gasteiger charge is 2.19. The zero-order valence-corrected chi connectivity index (χ0v) is 13.6. The van der Waals surface area contributed by atoms with E-state index in [9.17, 15) is 0 Å². The Morgan fingerprint density at radius 3 is 2.08 bits per heavy atom. The fraction of sp³-hybridized carbons (Fsp3) is 0.0588. The SMILES string of the molecule is Cc1csc(-n2nnc3ccccc32)c1-n1nnc2ccccc21. The summed E-state index contributed by atoms with van der Waals surface area (Å²) in [5, 5.41) is 20.3. The summed E-state index contributed by atoms with van der Waals surface area (Å²) in [7, 11) is 0. The Morgan fingerprint density at radius 2 is 1.38 bits per heavy atom. The van der Waals surface area contributed by atoms with Crippen molar-refractivity contribution in [3.63, 3.8) is 0 Å². The number of nitrogens with zero attached hydrogens (tertiary/aromatic N) is 6. The Hall–Kier alpha value is -3.06. The minimum atomic E-state index is 0.873. The monoisotopic (exact) mass is 332 g/mol. The van der Waals surface area contributed by atoms with Crippen molar-refractivity contribution >= 4 is 33.4 Å². The third-order valence-corrected chi connectivity index (χ3v) is 5.09. The molecule has 0 radical (unpaired) electrons. The zero-order valence-electron chi connectivity index (χ0n) is 12.8. The Labute approximate surface area is 141 Å². The summed E-state index contributed by atoms with van der Waals surface area (Å²) in [5.74, 6) is 0. The third kappa shape index (κ3) is 1.82. The first-order valence-corrected chi connectivity index (χ1v) is 8.40. The second-order valence-electron chi connectivity index (χ2n) is 5.55. The fourth-order valence-corrected chi connectivity index (χ4v) is 3.88. The van der Waals surface area contributed by atoms with Gasteiger partial charge in [0.25, 0.3) is 0 Å². The first-order chi connectivity index (χ1) is 11.8. The quantitative estimate of drug-likeness (QED) is 0.496. The van der Waals surface area contributed by atoms with Crippen molar-refractivity contribution in [2.45, 2.75) is 6.92 Å². The number of benzene rings is 2. The number of aromatic nitrogens is 6. The average Bonchev–Trinajstić information content (AvgIpc) is 3.31. The highest BCUT2D eigenvalue weighted by atomic mass is 32.1. The van der Waals surface area contributed by atoms with Crippen molar-refractivity contribution in [2.75, 3.05) is 0 Å². The Morgan fingerprint density at radius 1 is 0.792 bits per heavy atom. The van der Waals surface area contributed by atoms with Gasteiger partial charge < -0.3 is 0 Å². The van der Waals surface area contributed by atoms with Gasteiger partial charge in [-0.3, -0.25) is 0 Å². The number of hydrogen-bond donors (Lipinski definition) is 0. The van der Waals surface area contributed by atoms with Crippen LogP contribution in [0.5, 0.6) is 0 Å². The molecule has 0 N–H and O–H groups in total. The minimum Gasteiger partial charge on any atom is -0.209 e. The van der Waals surface area contributed by atoms with Gasteiger partial charge in [-0.1, -0.05) is 34.7 Å². The van der Waals surface area contributed by atoms with Gasteiger partial charge in [0.05, 0.1) is 11.0 Å². The summed E-state index contributed by atoms with van der Waals surface area (Å²) in [6.07, 6.45) is 0. The molecule has 0 atom stereocenters. The Balaban J connectivity index is 1.81. The smallest absolute Gasteiger partial charge is 0.146 e. The van der Waals surface area contributed by atoms with Gasteiger partial charge in [0.2, 0.25) is 0 Å². The molecule has 3 heterocycles. The van der Waals surface area contributed by atoms with E-state index in [2.05, 4.69) is 32.9 Å². The summed E-state index contributed by atoms with van der Waals surface area (Å²) in [6, 6.07) is 15.9. The molecule has 5 rings (SSSR count). The van der Waals surface area contributed by atoms with Crippen LogP contribution in [-0.2, 0) is 0 Å². The van der Waals surface area contributed by atoms with Gasteiger partial charge in [-0.15, -0.1) is 21.5 Å². The molecular formula is C17H12N6S. The van der Waals surface area contributed by atoms with Crippen LogP contribution >= 0.6 is 11.3 Å². The van der Waals surface area contributed by atoms with Crippen LogP contribution in [0, 0.1) is 6.92 Å². The number of fused-ring (bicyclic) bond motifs is 2. The number of aryl methyl sites for hydroxylation is 1. The summed E-state index contributed by atoms with van der Waals surface area (Å²) < 4.78 is 3.76. The van der Waals surface area contributed by atoms with Crippen LogP contribution in [-0.4, -0.2) is 30.0 Å². The van der Waals surface area contributed by atoms with Gasteiger partial charge in [0, 0.05) is 0 Å². The molecule has 0 aliphatic heterocycles. The Kier molecular flexibility index (Phi) is 2.77. The third-order valence-electron chi connectivity index (χ3n) is 4.03. The van der Waals surface area contributed by atoms with Crippen molar-refractivity contribution in [1.82, 2.24) is 30.0 Å². The van der Waals surface area contributed by atoms with Gasteiger partial charge in [0.15, 0.2) is 0 Å². The van der Waals surface area contributed by atoms with Crippen molar-refractivity contribution < 1.29 is 0 Å². The molecular weight excluding hydrogens is 320 g/mol. The van der Waals surface area contributed by atoms with Crippen LogP contribution in [0.3, 0.4) is 0 Å². The first-order valence-electron chi connectivity index (χ1n) is 7.52. The van der Waals surface area contributed by atoms with E-state index in [1.54, 1.807) is 11.3 Å². The van der Waals surface area contributed by atoms with E-state index >= 15 is 0 Å². The maximum Gasteiger partial charge on any atom is 0.146 e. The van der Waals surface area contributed by atoms with Crippen LogP contribution in [0.25, 0.3) is 32.8 Å². The zero-order chi connectivity index (χ0) is 16.1. The second kappa shape index (κ2) is 4.97. The fourth-order valence-electron chi connectivity index (χ4n) is 2.89. The van der Waals surface area contributed by atoms with E-state index < -0.39 is 0 Å². The number of hydrogen-bond acceptors (Lipinski definition) is 5. The normalized spacial score (nSPS) is 11.5. The lowest BCUT2D eigenvalue weighted by atomic mass is 10.2. The molecule has 24 heavy (non-hydrogen) atoms. The summed E-state index contributed by atoms with van der Waals surface area (Å²) in [4.78, 5) is 0. The van der Waals surface area contributed by atoms with Crippen molar-refractivity contribution in [1.29, 1.82) is 0 Å². The summed E-state index contributed by atoms with van der Waals surface area (Å²) >= 11 is 1.63. The summed E-state index contributed by atoms with van der Waals surface area (Å²) in [5.41, 5.74) is 5.82. The molecule has 0 aliphatic rings. The van der Waals surface area contributed by atoms with Gasteiger partial charge in [-0.2, -0.15) is 0 Å². The lowest BCUT2D eigenvalue weighted by Gasteiger charge is -2.06. The minimum absolute atomic E-state index is 0.873. The molecule has 2 aromatic carbocycles. The predicted octanol–water partition coefficient (Wildman–Crippen LogP) is 3.52. The van der Waals surface area contributed by atoms with Crippen LogP contribution in [0.15, 0.2) is 53.9 Å². The second-order valence-corrected chi connectivity index (χ2v) is 6.41. The highest BCUT2D eigenvalue weighted by molar-refractivity contribution is 7.13. The van der Waals surface area contributed by atoms with Crippen LogP contribution in [0.2, 0.25) is 0 Å². The molecule has 6 nitrogen and oxygen atoms in total. The average molecular weight is 332 g/mol. The van der Waals surface area contributed by atoms with E-state index in [-0.39, 0.29) is 0 Å². The molecule has 0 saturated heterocycles. The first kappa shape index (κ1) is 13.4. The molecule has 5 aromatic rings. The van der Waals surface area contributed by atoms with Gasteiger partial charge >= 0.3 is 0 Å². The molecule has 116 valence electrons. The summed E-state index contributed by atoms with van der Waals surface area (Å²) in [6.45, 7) is 2.07. The molecule has 0 bridgehead atoms. The topological polar surface area (TPSA) is 61.4 Å². The number of rotatable bonds is 2. The number of thiophene rings is 1. The largest absolute Gasteiger partial charge is 0.209 e. The number of para-hydroxylation sites is 2. The lowest BCUT2D eigenvalue weighted by Crippen LogP contribution is -2.04. The lowest BCUT2D eigenvalue weighted by molar-refractivity contribution is 0.790. The molecule has 0 amide bonds. The highest BCUT2D eigenvalue weighted by Crippen LogP contribution is 2.32. The van der Waals surface area contributed by atoms with E-state index in [1.807, 2.05) is 57.9 Å². The van der Waals surface area contributed by atoms with Crippen molar-refractivity contribution in [3.8, 4) is 10.7 Å². The maximum absolute atomic E-state index is 4.36. The standard InChI is InChI=1S/C17H12N6S/c1-11-10-24-17(23-15-9-5-3-7-13(15)19-21-23)16(11)22-14-8-4-2-6-12(14)18-20-22/h2-10H,1H3. The van der Waals surface area contributed by atoms with Gasteiger partial charge in [-0.25, -0.2) is 9.36 Å². The van der Waals surface area contributed by atoms with Crippen molar-refractivity contribution in [3.05, 3.63) is 59.5 Å². The van der Waals surface area contributed by atoms with E-state index in [1.165, 1.54) is 0 Å². The Bertz CT molecular complexity index is 1180. The van der Waals surface area contributed by atoms with Gasteiger partial charge in [0.1, 0.15) is 21.7 Å². The van der Waals surface area contributed by atoms with Crippen LogP contribution in [0.4, 0.5) is 0 Å². The maximum atomic E-state index is 4.36.